The molecule has 0 saturated carbocycles. The first-order valence-corrected chi connectivity index (χ1v) is 14.6. The van der Waals surface area contributed by atoms with Crippen molar-refractivity contribution in [3.8, 4) is 5.69 Å². The van der Waals surface area contributed by atoms with Crippen molar-refractivity contribution < 1.29 is 0 Å². The second kappa shape index (κ2) is 9.97. The molecule has 0 fully saturated rings. The van der Waals surface area contributed by atoms with E-state index in [-0.39, 0.29) is 0 Å². The lowest BCUT2D eigenvalue weighted by molar-refractivity contribution is 0.893. The summed E-state index contributed by atoms with van der Waals surface area (Å²) in [5, 5.41) is 3.80. The summed E-state index contributed by atoms with van der Waals surface area (Å²) in [6, 6.07) is 47.9. The maximum atomic E-state index is 2.41. The third kappa shape index (κ3) is 3.97. The second-order valence-electron chi connectivity index (χ2n) is 11.1. The summed E-state index contributed by atoms with van der Waals surface area (Å²) < 4.78 is 4.79. The third-order valence-corrected chi connectivity index (χ3v) is 8.62. The zero-order valence-corrected chi connectivity index (χ0v) is 23.6. The van der Waals surface area contributed by atoms with Crippen molar-refractivity contribution in [3.05, 3.63) is 157 Å². The van der Waals surface area contributed by atoms with Gasteiger partial charge in [-0.3, -0.25) is 0 Å². The third-order valence-electron chi connectivity index (χ3n) is 8.62. The van der Waals surface area contributed by atoms with E-state index < -0.39 is 0 Å². The molecule has 1 aliphatic rings. The van der Waals surface area contributed by atoms with Gasteiger partial charge in [0.05, 0.1) is 16.6 Å². The molecule has 3 nitrogen and oxygen atoms in total. The lowest BCUT2D eigenvalue weighted by atomic mass is 9.98. The maximum Gasteiger partial charge on any atom is 0.0748 e. The highest BCUT2D eigenvalue weighted by Crippen LogP contribution is 2.40. The van der Waals surface area contributed by atoms with Crippen molar-refractivity contribution >= 4 is 49.7 Å². The van der Waals surface area contributed by atoms with E-state index in [0.717, 1.165) is 12.8 Å². The highest BCUT2D eigenvalue weighted by molar-refractivity contribution is 6.09. The topological polar surface area (TPSA) is 13.1 Å². The first-order chi connectivity index (χ1) is 20.8. The highest BCUT2D eigenvalue weighted by atomic mass is 15.1. The molecule has 0 aliphatic heterocycles. The van der Waals surface area contributed by atoms with Crippen LogP contribution in [0.15, 0.2) is 151 Å². The van der Waals surface area contributed by atoms with Crippen LogP contribution in [0.5, 0.6) is 0 Å². The van der Waals surface area contributed by atoms with Crippen LogP contribution >= 0.6 is 0 Å². The summed E-state index contributed by atoms with van der Waals surface area (Å²) in [7, 11) is 2.21. The lowest BCUT2D eigenvalue weighted by Crippen LogP contribution is -2.18. The van der Waals surface area contributed by atoms with E-state index >= 15 is 0 Å². The molecule has 3 heteroatoms. The Morgan fingerprint density at radius 1 is 0.571 bits per heavy atom. The Labute approximate surface area is 245 Å². The van der Waals surface area contributed by atoms with Crippen molar-refractivity contribution in [2.75, 3.05) is 4.90 Å². The average molecular weight is 542 g/mol. The van der Waals surface area contributed by atoms with E-state index in [4.69, 9.17) is 0 Å². The van der Waals surface area contributed by atoms with Gasteiger partial charge in [-0.1, -0.05) is 91.0 Å². The van der Waals surface area contributed by atoms with Crippen LogP contribution in [-0.4, -0.2) is 9.13 Å². The first kappa shape index (κ1) is 24.5. The summed E-state index contributed by atoms with van der Waals surface area (Å²) in [5.41, 5.74) is 11.3. The number of aryl methyl sites for hydroxylation is 1. The smallest absolute Gasteiger partial charge is 0.0748 e. The number of nitrogens with zero attached hydrogens (tertiary/aromatic N) is 3. The summed E-state index contributed by atoms with van der Waals surface area (Å²) in [6.45, 7) is 0. The van der Waals surface area contributed by atoms with Gasteiger partial charge in [0.1, 0.15) is 0 Å². The number of hydrogen-bond acceptors (Lipinski definition) is 1. The second-order valence-corrected chi connectivity index (χ2v) is 11.1. The molecule has 2 aromatic heterocycles. The fourth-order valence-corrected chi connectivity index (χ4v) is 6.64. The Balaban J connectivity index is 1.24. The number of para-hydroxylation sites is 3. The van der Waals surface area contributed by atoms with Gasteiger partial charge in [-0.05, 0) is 83.8 Å². The first-order valence-electron chi connectivity index (χ1n) is 14.6. The molecular formula is C39H31N3. The molecule has 5 aromatic carbocycles. The van der Waals surface area contributed by atoms with Gasteiger partial charge in [-0.25, -0.2) is 0 Å². The Hall–Kier alpha value is -5.28. The van der Waals surface area contributed by atoms with E-state index in [9.17, 15) is 0 Å². The average Bonchev–Trinajstić information content (AvgIpc) is 3.56. The van der Waals surface area contributed by atoms with Gasteiger partial charge in [0, 0.05) is 40.9 Å². The van der Waals surface area contributed by atoms with Crippen LogP contribution in [-0.2, 0) is 7.05 Å². The number of anilines is 2. The van der Waals surface area contributed by atoms with E-state index in [1.165, 1.54) is 66.7 Å². The van der Waals surface area contributed by atoms with Crippen LogP contribution in [0.4, 0.5) is 11.4 Å². The molecule has 0 N–H and O–H groups in total. The van der Waals surface area contributed by atoms with Gasteiger partial charge in [0.2, 0.25) is 0 Å². The van der Waals surface area contributed by atoms with E-state index in [1.54, 1.807) is 0 Å². The molecular weight excluding hydrogens is 510 g/mol. The quantitative estimate of drug-likeness (QED) is 0.211. The SMILES string of the molecule is Cn1c(C2=CC=C(N(c3ccccc3)c3ccc4ccccc4c3)CC2)cc2c1c1ccccc1n2-c1ccccc1. The van der Waals surface area contributed by atoms with Crippen LogP contribution in [0.1, 0.15) is 18.5 Å². The van der Waals surface area contributed by atoms with Crippen molar-refractivity contribution in [1.82, 2.24) is 9.13 Å². The lowest BCUT2D eigenvalue weighted by Gasteiger charge is -2.30. The maximum absolute atomic E-state index is 2.41. The molecule has 0 atom stereocenters. The zero-order chi connectivity index (χ0) is 28.0. The molecule has 42 heavy (non-hydrogen) atoms. The molecule has 0 amide bonds. The van der Waals surface area contributed by atoms with Gasteiger partial charge in [0.15, 0.2) is 0 Å². The van der Waals surface area contributed by atoms with E-state index in [2.05, 4.69) is 167 Å². The number of aromatic nitrogens is 2. The van der Waals surface area contributed by atoms with Crippen molar-refractivity contribution in [2.45, 2.75) is 12.8 Å². The minimum atomic E-state index is 0.961. The van der Waals surface area contributed by atoms with Crippen molar-refractivity contribution in [1.29, 1.82) is 0 Å². The van der Waals surface area contributed by atoms with Crippen LogP contribution in [0.2, 0.25) is 0 Å². The van der Waals surface area contributed by atoms with Gasteiger partial charge >= 0.3 is 0 Å². The van der Waals surface area contributed by atoms with Crippen molar-refractivity contribution in [3.63, 3.8) is 0 Å². The van der Waals surface area contributed by atoms with Crippen LogP contribution in [0.25, 0.3) is 44.0 Å². The predicted octanol–water partition coefficient (Wildman–Crippen LogP) is 10.2. The minimum absolute atomic E-state index is 0.961. The number of fused-ring (bicyclic) bond motifs is 4. The summed E-state index contributed by atoms with van der Waals surface area (Å²) >= 11 is 0. The Bertz CT molecular complexity index is 2140. The minimum Gasteiger partial charge on any atom is -0.342 e. The van der Waals surface area contributed by atoms with Gasteiger partial charge in [-0.2, -0.15) is 0 Å². The van der Waals surface area contributed by atoms with Crippen molar-refractivity contribution in [2.24, 2.45) is 7.05 Å². The standard InChI is InChI=1S/C39H31N3/c1-40-37(27-38-39(40)35-18-10-11-19-36(35)42(38)32-16-6-3-7-17-32)29-21-23-33(24-22-29)41(31-14-4-2-5-15-31)34-25-20-28-12-8-9-13-30(28)26-34/h2-21,23,25-27H,22,24H2,1H3. The van der Waals surface area contributed by atoms with E-state index in [1.807, 2.05) is 0 Å². The fraction of sp³-hybridized carbons (Fsp3) is 0.0769. The number of hydrogen-bond donors (Lipinski definition) is 0. The molecule has 8 rings (SSSR count). The molecule has 202 valence electrons. The Morgan fingerprint density at radius 2 is 1.29 bits per heavy atom. The Morgan fingerprint density at radius 3 is 2.07 bits per heavy atom. The van der Waals surface area contributed by atoms with Crippen LogP contribution < -0.4 is 4.90 Å². The molecule has 2 heterocycles. The zero-order valence-electron chi connectivity index (χ0n) is 23.6. The van der Waals surface area contributed by atoms with Crippen LogP contribution in [0.3, 0.4) is 0 Å². The van der Waals surface area contributed by atoms with Gasteiger partial charge in [-0.15, -0.1) is 0 Å². The van der Waals surface area contributed by atoms with Gasteiger partial charge in [0.25, 0.3) is 0 Å². The normalized spacial score (nSPS) is 13.5. The largest absolute Gasteiger partial charge is 0.342 e. The molecule has 7 aromatic rings. The van der Waals surface area contributed by atoms with Crippen LogP contribution in [0, 0.1) is 0 Å². The number of benzene rings is 5. The number of allylic oxidation sites excluding steroid dienone is 4. The Kier molecular flexibility index (Phi) is 5.82. The molecule has 0 unspecified atom stereocenters. The summed E-state index contributed by atoms with van der Waals surface area (Å²) in [4.78, 5) is 2.41. The molecule has 0 radical (unpaired) electrons. The molecule has 0 bridgehead atoms. The molecule has 1 aliphatic carbocycles. The predicted molar refractivity (Wildman–Crippen MR) is 178 cm³/mol. The number of rotatable bonds is 5. The highest BCUT2D eigenvalue weighted by Gasteiger charge is 2.22. The van der Waals surface area contributed by atoms with Gasteiger partial charge < -0.3 is 14.0 Å². The molecule has 0 spiro atoms. The summed E-state index contributed by atoms with van der Waals surface area (Å²) in [6.07, 6.45) is 6.59. The monoisotopic (exact) mass is 541 g/mol. The fourth-order valence-electron chi connectivity index (χ4n) is 6.64. The van der Waals surface area contributed by atoms with E-state index in [0.29, 0.717) is 0 Å². The molecule has 0 saturated heterocycles. The summed E-state index contributed by atoms with van der Waals surface area (Å²) in [5.74, 6) is 0.